The molecule has 1 aliphatic heterocycles. The molecule has 2 amide bonds. The first-order valence-electron chi connectivity index (χ1n) is 12.0. The van der Waals surface area contributed by atoms with Crippen LogP contribution in [0.2, 0.25) is 0 Å². The fourth-order valence-corrected chi connectivity index (χ4v) is 5.04. The molecule has 2 aliphatic rings. The lowest BCUT2D eigenvalue weighted by Gasteiger charge is -2.35. The number of piperazine rings is 1. The van der Waals surface area contributed by atoms with E-state index in [-0.39, 0.29) is 11.8 Å². The Morgan fingerprint density at radius 1 is 0.848 bits per heavy atom. The second kappa shape index (κ2) is 9.61. The summed E-state index contributed by atoms with van der Waals surface area (Å²) in [6, 6.07) is 19.7. The fraction of sp³-hybridized carbons (Fsp3) is 0.370. The first-order valence-corrected chi connectivity index (χ1v) is 12.0. The van der Waals surface area contributed by atoms with Gasteiger partial charge >= 0.3 is 0 Å². The Kier molecular flexibility index (Phi) is 6.24. The summed E-state index contributed by atoms with van der Waals surface area (Å²) in [5.41, 5.74) is 3.56. The van der Waals surface area contributed by atoms with Crippen LogP contribution in [0, 0.1) is 5.92 Å². The van der Waals surface area contributed by atoms with E-state index < -0.39 is 0 Å². The maximum atomic E-state index is 13.2. The van der Waals surface area contributed by atoms with Gasteiger partial charge in [-0.05, 0) is 43.0 Å². The van der Waals surface area contributed by atoms with Gasteiger partial charge in [0.25, 0.3) is 5.91 Å². The second-order valence-electron chi connectivity index (χ2n) is 9.07. The van der Waals surface area contributed by atoms with Crippen molar-refractivity contribution in [1.29, 1.82) is 0 Å². The Balaban J connectivity index is 1.25. The smallest absolute Gasteiger partial charge is 0.254 e. The topological polar surface area (TPSA) is 58.4 Å². The van der Waals surface area contributed by atoms with Crippen LogP contribution < -0.4 is 0 Å². The highest BCUT2D eigenvalue weighted by atomic mass is 16.2. The lowest BCUT2D eigenvalue weighted by atomic mass is 10.0. The Morgan fingerprint density at radius 2 is 1.58 bits per heavy atom. The molecule has 2 fully saturated rings. The predicted molar refractivity (Wildman–Crippen MR) is 128 cm³/mol. The highest BCUT2D eigenvalue weighted by Crippen LogP contribution is 2.28. The minimum absolute atomic E-state index is 0.00755. The number of rotatable bonds is 5. The van der Waals surface area contributed by atoms with Crippen molar-refractivity contribution in [2.45, 2.75) is 32.1 Å². The molecule has 3 aromatic rings. The minimum Gasteiger partial charge on any atom is -0.339 e. The van der Waals surface area contributed by atoms with Crippen LogP contribution in [0.25, 0.3) is 16.9 Å². The quantitative estimate of drug-likeness (QED) is 0.588. The first-order chi connectivity index (χ1) is 16.2. The summed E-state index contributed by atoms with van der Waals surface area (Å²) in [6.45, 7) is 2.40. The van der Waals surface area contributed by atoms with Crippen LogP contribution in [0.15, 0.2) is 66.9 Å². The number of hydrogen-bond donors (Lipinski definition) is 0. The summed E-state index contributed by atoms with van der Waals surface area (Å²) >= 11 is 0. The van der Waals surface area contributed by atoms with E-state index in [0.717, 1.165) is 16.9 Å². The molecule has 6 nitrogen and oxygen atoms in total. The Morgan fingerprint density at radius 3 is 2.33 bits per heavy atom. The van der Waals surface area contributed by atoms with Crippen LogP contribution in [0.1, 0.15) is 42.5 Å². The highest BCUT2D eigenvalue weighted by molar-refractivity contribution is 5.95. The van der Waals surface area contributed by atoms with Crippen molar-refractivity contribution < 1.29 is 9.59 Å². The van der Waals surface area contributed by atoms with E-state index in [1.165, 1.54) is 25.7 Å². The molecule has 6 heteroatoms. The van der Waals surface area contributed by atoms with Gasteiger partial charge in [-0.15, -0.1) is 0 Å². The van der Waals surface area contributed by atoms with Crippen molar-refractivity contribution in [2.75, 3.05) is 26.2 Å². The summed E-state index contributed by atoms with van der Waals surface area (Å²) in [5, 5.41) is 4.49. The third-order valence-corrected chi connectivity index (χ3v) is 6.91. The van der Waals surface area contributed by atoms with Crippen LogP contribution in [0.3, 0.4) is 0 Å². The summed E-state index contributed by atoms with van der Waals surface area (Å²) in [5.74, 6) is 0.819. The predicted octanol–water partition coefficient (Wildman–Crippen LogP) is 4.40. The van der Waals surface area contributed by atoms with E-state index in [1.54, 1.807) is 6.20 Å². The van der Waals surface area contributed by atoms with Crippen LogP contribution in [-0.4, -0.2) is 57.6 Å². The minimum atomic E-state index is 0.00755. The van der Waals surface area contributed by atoms with Crippen molar-refractivity contribution in [3.05, 3.63) is 72.4 Å². The molecule has 0 bridgehead atoms. The molecule has 1 saturated carbocycles. The molecule has 0 spiro atoms. The molecule has 5 rings (SSSR count). The summed E-state index contributed by atoms with van der Waals surface area (Å²) in [7, 11) is 0. The average Bonchev–Trinajstić information content (AvgIpc) is 3.57. The Labute approximate surface area is 194 Å². The standard InChI is InChI=1S/C27H30N4O2/c32-26(19-21-7-4-5-8-21)29-15-17-30(18-16-29)27(33)23-11-6-12-24(20-23)31-25(13-14-28-31)22-9-2-1-3-10-22/h1-3,6,9-14,20-21H,4-5,7-8,15-19H2. The summed E-state index contributed by atoms with van der Waals surface area (Å²) in [4.78, 5) is 29.7. The molecule has 33 heavy (non-hydrogen) atoms. The molecule has 1 saturated heterocycles. The summed E-state index contributed by atoms with van der Waals surface area (Å²) in [6.07, 6.45) is 7.32. The van der Waals surface area contributed by atoms with Gasteiger partial charge in [-0.3, -0.25) is 9.59 Å². The second-order valence-corrected chi connectivity index (χ2v) is 9.07. The third kappa shape index (κ3) is 4.70. The monoisotopic (exact) mass is 442 g/mol. The van der Waals surface area contributed by atoms with Crippen LogP contribution in [0.5, 0.6) is 0 Å². The zero-order valence-corrected chi connectivity index (χ0v) is 18.9. The van der Waals surface area contributed by atoms with Crippen molar-refractivity contribution in [3.8, 4) is 16.9 Å². The average molecular weight is 443 g/mol. The van der Waals surface area contributed by atoms with Crippen molar-refractivity contribution >= 4 is 11.8 Å². The summed E-state index contributed by atoms with van der Waals surface area (Å²) < 4.78 is 1.87. The zero-order chi connectivity index (χ0) is 22.6. The van der Waals surface area contributed by atoms with Gasteiger partial charge < -0.3 is 9.80 Å². The molecule has 0 radical (unpaired) electrons. The van der Waals surface area contributed by atoms with Gasteiger partial charge in [0.15, 0.2) is 0 Å². The number of aromatic nitrogens is 2. The van der Waals surface area contributed by atoms with Gasteiger partial charge in [-0.1, -0.05) is 49.2 Å². The van der Waals surface area contributed by atoms with E-state index in [2.05, 4.69) is 17.2 Å². The van der Waals surface area contributed by atoms with E-state index in [0.29, 0.717) is 44.1 Å². The number of benzene rings is 2. The van der Waals surface area contributed by atoms with E-state index in [1.807, 2.05) is 63.0 Å². The molecule has 2 aromatic carbocycles. The molecule has 0 unspecified atom stereocenters. The molecular formula is C27H30N4O2. The number of hydrogen-bond acceptors (Lipinski definition) is 3. The molecule has 0 atom stereocenters. The van der Waals surface area contributed by atoms with Gasteiger partial charge in [0.2, 0.25) is 5.91 Å². The van der Waals surface area contributed by atoms with Crippen LogP contribution >= 0.6 is 0 Å². The highest BCUT2D eigenvalue weighted by Gasteiger charge is 2.27. The lowest BCUT2D eigenvalue weighted by Crippen LogP contribution is -2.50. The lowest BCUT2D eigenvalue weighted by molar-refractivity contribution is -0.133. The van der Waals surface area contributed by atoms with E-state index >= 15 is 0 Å². The van der Waals surface area contributed by atoms with Gasteiger partial charge in [0.1, 0.15) is 0 Å². The molecule has 2 heterocycles. The van der Waals surface area contributed by atoms with Gasteiger partial charge in [-0.25, -0.2) is 4.68 Å². The van der Waals surface area contributed by atoms with Crippen molar-refractivity contribution in [1.82, 2.24) is 19.6 Å². The number of nitrogens with zero attached hydrogens (tertiary/aromatic N) is 4. The first kappa shape index (κ1) is 21.4. The van der Waals surface area contributed by atoms with Crippen molar-refractivity contribution in [2.24, 2.45) is 5.92 Å². The fourth-order valence-electron chi connectivity index (χ4n) is 5.04. The molecule has 0 N–H and O–H groups in total. The van der Waals surface area contributed by atoms with Crippen molar-refractivity contribution in [3.63, 3.8) is 0 Å². The van der Waals surface area contributed by atoms with Gasteiger partial charge in [0, 0.05) is 43.7 Å². The third-order valence-electron chi connectivity index (χ3n) is 6.91. The maximum absolute atomic E-state index is 13.2. The van der Waals surface area contributed by atoms with Crippen LogP contribution in [0.4, 0.5) is 0 Å². The Bertz CT molecular complexity index is 1110. The largest absolute Gasteiger partial charge is 0.339 e. The normalized spacial score (nSPS) is 16.8. The zero-order valence-electron chi connectivity index (χ0n) is 18.9. The van der Waals surface area contributed by atoms with E-state index in [9.17, 15) is 9.59 Å². The Hall–Kier alpha value is -3.41. The van der Waals surface area contributed by atoms with Gasteiger partial charge in [-0.2, -0.15) is 5.10 Å². The number of carbonyl (C=O) groups is 2. The number of carbonyl (C=O) groups excluding carboxylic acids is 2. The molecular weight excluding hydrogens is 412 g/mol. The SMILES string of the molecule is O=C(CC1CCCC1)N1CCN(C(=O)c2cccc(-n3nccc3-c3ccccc3)c2)CC1. The number of amides is 2. The molecule has 1 aliphatic carbocycles. The van der Waals surface area contributed by atoms with Crippen LogP contribution in [-0.2, 0) is 4.79 Å². The molecule has 1 aromatic heterocycles. The van der Waals surface area contributed by atoms with E-state index in [4.69, 9.17) is 0 Å². The molecule has 170 valence electrons. The maximum Gasteiger partial charge on any atom is 0.254 e. The van der Waals surface area contributed by atoms with Gasteiger partial charge in [0.05, 0.1) is 17.6 Å².